The van der Waals surface area contributed by atoms with E-state index in [1.165, 1.54) is 0 Å². The average Bonchev–Trinajstić information content (AvgIpc) is 2.75. The second-order valence-electron chi connectivity index (χ2n) is 8.02. The van der Waals surface area contributed by atoms with E-state index in [1.54, 1.807) is 12.1 Å². The number of carboxylic acid groups (broad SMARTS) is 2. The van der Waals surface area contributed by atoms with Crippen molar-refractivity contribution in [1.29, 1.82) is 0 Å². The molecule has 1 aromatic carbocycles. The second kappa shape index (κ2) is 10.1. The molecule has 32 heavy (non-hydrogen) atoms. The normalized spacial score (nSPS) is 16.1. The van der Waals surface area contributed by atoms with Crippen LogP contribution in [0, 0.1) is 5.92 Å². The van der Waals surface area contributed by atoms with Crippen LogP contribution in [-0.4, -0.2) is 44.1 Å². The highest BCUT2D eigenvalue weighted by Crippen LogP contribution is 2.26. The Labute approximate surface area is 183 Å². The summed E-state index contributed by atoms with van der Waals surface area (Å²) in [4.78, 5) is 53.1. The summed E-state index contributed by atoms with van der Waals surface area (Å²) in [5.41, 5.74) is 8.25. The molecule has 0 spiro atoms. The molecule has 1 amide bonds. The number of hydrogen-bond donors (Lipinski definition) is 5. The minimum Gasteiger partial charge on any atom is -0.481 e. The minimum atomic E-state index is -1.28. The Morgan fingerprint density at radius 1 is 1.22 bits per heavy atom. The topological polar surface area (TPSA) is 175 Å². The van der Waals surface area contributed by atoms with Crippen LogP contribution >= 0.6 is 0 Å². The number of carboxylic acids is 2. The lowest BCUT2D eigenvalue weighted by molar-refractivity contribution is -0.140. The molecule has 2 atom stereocenters. The van der Waals surface area contributed by atoms with Crippen molar-refractivity contribution < 1.29 is 24.6 Å². The molecule has 0 unspecified atom stereocenters. The zero-order valence-corrected chi connectivity index (χ0v) is 17.5. The second-order valence-corrected chi connectivity index (χ2v) is 8.02. The van der Waals surface area contributed by atoms with Gasteiger partial charge in [-0.25, -0.2) is 9.78 Å². The molecule has 10 nitrogen and oxygen atoms in total. The molecule has 0 bridgehead atoms. The van der Waals surface area contributed by atoms with Crippen LogP contribution < -0.4 is 16.6 Å². The Morgan fingerprint density at radius 3 is 2.59 bits per heavy atom. The minimum absolute atomic E-state index is 0.146. The van der Waals surface area contributed by atoms with E-state index in [2.05, 4.69) is 15.3 Å². The SMILES string of the molecule is Nc1nc2c(c(=O)[nH]1)C[C@H](CCc1ccc(C(=O)N[C@@H](CCC(=O)O)C(=O)O)cc1)CC2. The Bertz CT molecular complexity index is 1060. The van der Waals surface area contributed by atoms with Crippen molar-refractivity contribution in [2.24, 2.45) is 5.92 Å². The summed E-state index contributed by atoms with van der Waals surface area (Å²) in [6, 6.07) is 5.60. The number of H-pyrrole nitrogens is 1. The number of hydrogen-bond acceptors (Lipinski definition) is 6. The molecule has 0 saturated carbocycles. The van der Waals surface area contributed by atoms with Gasteiger partial charge in [0.15, 0.2) is 0 Å². The number of nitrogens with two attached hydrogens (primary N) is 1. The van der Waals surface area contributed by atoms with E-state index < -0.39 is 23.9 Å². The fraction of sp³-hybridized carbons (Fsp3) is 0.409. The summed E-state index contributed by atoms with van der Waals surface area (Å²) in [6.45, 7) is 0. The first-order chi connectivity index (χ1) is 15.2. The summed E-state index contributed by atoms with van der Waals surface area (Å²) in [5, 5.41) is 20.2. The molecule has 0 saturated heterocycles. The number of fused-ring (bicyclic) bond motifs is 1. The lowest BCUT2D eigenvalue weighted by Crippen LogP contribution is -2.41. The number of aromatic nitrogens is 2. The smallest absolute Gasteiger partial charge is 0.326 e. The maximum absolute atomic E-state index is 12.3. The number of amides is 1. The number of rotatable bonds is 9. The van der Waals surface area contributed by atoms with Crippen LogP contribution in [0.2, 0.25) is 0 Å². The first-order valence-corrected chi connectivity index (χ1v) is 10.4. The Kier molecular flexibility index (Phi) is 7.24. The van der Waals surface area contributed by atoms with Crippen molar-refractivity contribution in [3.63, 3.8) is 0 Å². The van der Waals surface area contributed by atoms with Crippen molar-refractivity contribution in [2.75, 3.05) is 5.73 Å². The predicted molar refractivity (Wildman–Crippen MR) is 115 cm³/mol. The highest BCUT2D eigenvalue weighted by atomic mass is 16.4. The lowest BCUT2D eigenvalue weighted by Gasteiger charge is -2.23. The van der Waals surface area contributed by atoms with Gasteiger partial charge in [0.2, 0.25) is 5.95 Å². The lowest BCUT2D eigenvalue weighted by atomic mass is 9.83. The highest BCUT2D eigenvalue weighted by molar-refractivity contribution is 5.96. The molecule has 1 aliphatic carbocycles. The van der Waals surface area contributed by atoms with E-state index in [-0.39, 0.29) is 24.3 Å². The van der Waals surface area contributed by atoms with Gasteiger partial charge in [0.05, 0.1) is 5.69 Å². The summed E-state index contributed by atoms with van der Waals surface area (Å²) in [7, 11) is 0. The number of nitrogen functional groups attached to an aromatic ring is 1. The van der Waals surface area contributed by atoms with Gasteiger partial charge in [-0.1, -0.05) is 12.1 Å². The number of nitrogens with one attached hydrogen (secondary N) is 2. The molecule has 6 N–H and O–H groups in total. The van der Waals surface area contributed by atoms with E-state index in [9.17, 15) is 24.3 Å². The summed E-state index contributed by atoms with van der Waals surface area (Å²) < 4.78 is 0. The first-order valence-electron chi connectivity index (χ1n) is 10.4. The molecule has 0 fully saturated rings. The quantitative estimate of drug-likeness (QED) is 0.384. The van der Waals surface area contributed by atoms with Crippen LogP contribution in [-0.2, 0) is 28.9 Å². The van der Waals surface area contributed by atoms with Gasteiger partial charge in [0.25, 0.3) is 11.5 Å². The van der Waals surface area contributed by atoms with Crippen molar-refractivity contribution in [3.8, 4) is 0 Å². The van der Waals surface area contributed by atoms with E-state index in [0.717, 1.165) is 36.9 Å². The number of benzene rings is 1. The first kappa shape index (κ1) is 23.0. The number of aliphatic carboxylic acids is 2. The van der Waals surface area contributed by atoms with E-state index >= 15 is 0 Å². The molecule has 1 aliphatic rings. The zero-order chi connectivity index (χ0) is 23.3. The summed E-state index contributed by atoms with van der Waals surface area (Å²) in [5.74, 6) is -2.47. The van der Waals surface area contributed by atoms with Crippen LogP contribution in [0.3, 0.4) is 0 Å². The van der Waals surface area contributed by atoms with Gasteiger partial charge < -0.3 is 21.3 Å². The van der Waals surface area contributed by atoms with E-state index in [1.807, 2.05) is 12.1 Å². The number of aromatic amines is 1. The largest absolute Gasteiger partial charge is 0.481 e. The van der Waals surface area contributed by atoms with Crippen molar-refractivity contribution >= 4 is 23.8 Å². The van der Waals surface area contributed by atoms with Crippen LogP contribution in [0.5, 0.6) is 0 Å². The number of carbonyl (C=O) groups is 3. The highest BCUT2D eigenvalue weighted by Gasteiger charge is 2.23. The molecule has 170 valence electrons. The molecule has 0 aliphatic heterocycles. The van der Waals surface area contributed by atoms with Crippen molar-refractivity contribution in [2.45, 2.75) is 51.0 Å². The Balaban J connectivity index is 1.54. The van der Waals surface area contributed by atoms with Crippen LogP contribution in [0.4, 0.5) is 5.95 Å². The molecule has 10 heteroatoms. The van der Waals surface area contributed by atoms with Gasteiger partial charge in [-0.05, 0) is 62.1 Å². The maximum atomic E-state index is 12.3. The molecule has 3 rings (SSSR count). The Hall–Kier alpha value is -3.69. The van der Waals surface area contributed by atoms with Gasteiger partial charge in [-0.15, -0.1) is 0 Å². The van der Waals surface area contributed by atoms with E-state index in [4.69, 9.17) is 10.8 Å². The molecular formula is C22H26N4O6. The fourth-order valence-corrected chi connectivity index (χ4v) is 3.92. The molecular weight excluding hydrogens is 416 g/mol. The van der Waals surface area contributed by atoms with Gasteiger partial charge in [0, 0.05) is 17.5 Å². The number of aryl methyl sites for hydroxylation is 2. The third kappa shape index (κ3) is 5.93. The standard InChI is InChI=1S/C22H26N4O6/c23-22-25-16-8-5-13(11-15(16)20(30)26-22)2-1-12-3-6-14(7-4-12)19(29)24-17(21(31)32)9-10-18(27)28/h3-4,6-7,13,17H,1-2,5,8-11H2,(H,24,29)(H,27,28)(H,31,32)(H3,23,25,26,30)/t13-,17+/m1/s1. The van der Waals surface area contributed by atoms with Crippen molar-refractivity contribution in [3.05, 3.63) is 57.0 Å². The predicted octanol–water partition coefficient (Wildman–Crippen LogP) is 1.14. The third-order valence-corrected chi connectivity index (χ3v) is 5.71. The number of nitrogens with zero attached hydrogens (tertiary/aromatic N) is 1. The molecule has 1 aromatic heterocycles. The van der Waals surface area contributed by atoms with Gasteiger partial charge in [-0.2, -0.15) is 0 Å². The molecule has 2 aromatic rings. The zero-order valence-electron chi connectivity index (χ0n) is 17.5. The number of carbonyl (C=O) groups excluding carboxylic acids is 1. The van der Waals surface area contributed by atoms with Crippen LogP contribution in [0.1, 0.15) is 52.9 Å². The number of anilines is 1. The summed E-state index contributed by atoms with van der Waals surface area (Å²) in [6.07, 6.45) is 3.42. The van der Waals surface area contributed by atoms with Gasteiger partial charge in [-0.3, -0.25) is 19.4 Å². The monoisotopic (exact) mass is 442 g/mol. The fourth-order valence-electron chi connectivity index (χ4n) is 3.92. The Morgan fingerprint density at radius 2 is 1.94 bits per heavy atom. The maximum Gasteiger partial charge on any atom is 0.326 e. The molecule has 0 radical (unpaired) electrons. The van der Waals surface area contributed by atoms with Crippen molar-refractivity contribution in [1.82, 2.24) is 15.3 Å². The summed E-state index contributed by atoms with van der Waals surface area (Å²) >= 11 is 0. The molecule has 1 heterocycles. The van der Waals surface area contributed by atoms with Gasteiger partial charge in [0.1, 0.15) is 6.04 Å². The average molecular weight is 442 g/mol. The third-order valence-electron chi connectivity index (χ3n) is 5.71. The van der Waals surface area contributed by atoms with Crippen LogP contribution in [0.25, 0.3) is 0 Å². The van der Waals surface area contributed by atoms with E-state index in [0.29, 0.717) is 23.5 Å². The van der Waals surface area contributed by atoms with Gasteiger partial charge >= 0.3 is 11.9 Å². The van der Waals surface area contributed by atoms with Crippen LogP contribution in [0.15, 0.2) is 29.1 Å².